The smallest absolute Gasteiger partial charge is 0.140 e. The number of hydrogen-bond acceptors (Lipinski definition) is 4. The zero-order chi connectivity index (χ0) is 18.6. The first kappa shape index (κ1) is 16.1. The molecule has 2 aromatic rings. The number of ether oxygens (including phenoxy) is 1. The van der Waals surface area contributed by atoms with Gasteiger partial charge in [0.05, 0.1) is 17.7 Å². The largest absolute Gasteiger partial charge is 0.383 e. The van der Waals surface area contributed by atoms with Gasteiger partial charge in [-0.25, -0.2) is 4.99 Å². The van der Waals surface area contributed by atoms with Crippen LogP contribution in [0.4, 0.5) is 0 Å². The Morgan fingerprint density at radius 2 is 1.93 bits per heavy atom. The monoisotopic (exact) mass is 353 g/mol. The minimum absolute atomic E-state index is 0.159. The molecule has 1 unspecified atom stereocenters. The fourth-order valence-corrected chi connectivity index (χ4v) is 4.29. The highest BCUT2D eigenvalue weighted by Crippen LogP contribution is 2.51. The molecule has 5 rings (SSSR count). The van der Waals surface area contributed by atoms with Crippen LogP contribution in [0.3, 0.4) is 0 Å². The molecule has 3 aliphatic rings. The lowest BCUT2D eigenvalue weighted by Crippen LogP contribution is -2.35. The summed E-state index contributed by atoms with van der Waals surface area (Å²) in [6.07, 6.45) is 3.01. The third kappa shape index (κ3) is 2.31. The van der Waals surface area contributed by atoms with Crippen molar-refractivity contribution in [3.63, 3.8) is 0 Å². The van der Waals surface area contributed by atoms with Crippen LogP contribution in [0.25, 0.3) is 0 Å². The highest BCUT2D eigenvalue weighted by atomic mass is 16.5. The number of nitriles is 1. The van der Waals surface area contributed by atoms with Crippen LogP contribution in [0.2, 0.25) is 0 Å². The van der Waals surface area contributed by atoms with Gasteiger partial charge < -0.3 is 10.5 Å². The van der Waals surface area contributed by atoms with Crippen LogP contribution in [0, 0.1) is 29.1 Å². The summed E-state index contributed by atoms with van der Waals surface area (Å²) in [7, 11) is 1.71. The Bertz CT molecular complexity index is 1090. The Hall–Kier alpha value is -3.08. The van der Waals surface area contributed by atoms with Gasteiger partial charge in [-0.3, -0.25) is 0 Å². The van der Waals surface area contributed by atoms with E-state index < -0.39 is 5.54 Å². The van der Waals surface area contributed by atoms with Gasteiger partial charge in [0.1, 0.15) is 11.4 Å². The second kappa shape index (κ2) is 5.71. The lowest BCUT2D eigenvalue weighted by atomic mass is 9.81. The van der Waals surface area contributed by atoms with E-state index in [-0.39, 0.29) is 6.10 Å². The highest BCUT2D eigenvalue weighted by Gasteiger charge is 2.53. The van der Waals surface area contributed by atoms with Gasteiger partial charge in [0.2, 0.25) is 0 Å². The quantitative estimate of drug-likeness (QED) is 0.802. The van der Waals surface area contributed by atoms with E-state index in [1.807, 2.05) is 12.1 Å². The second-order valence-electron chi connectivity index (χ2n) is 7.48. The van der Waals surface area contributed by atoms with Gasteiger partial charge >= 0.3 is 0 Å². The third-order valence-electron chi connectivity index (χ3n) is 5.81. The first-order valence-electron chi connectivity index (χ1n) is 9.24. The summed E-state index contributed by atoms with van der Waals surface area (Å²) in [4.78, 5) is 4.92. The summed E-state index contributed by atoms with van der Waals surface area (Å²) < 4.78 is 5.88. The maximum Gasteiger partial charge on any atom is 0.140 e. The van der Waals surface area contributed by atoms with Crippen molar-refractivity contribution in [1.82, 2.24) is 0 Å². The van der Waals surface area contributed by atoms with E-state index in [1.165, 1.54) is 18.4 Å². The maximum atomic E-state index is 9.39. The Kier molecular flexibility index (Phi) is 3.41. The molecule has 1 fully saturated rings. The average Bonchev–Trinajstić information content (AvgIpc) is 3.42. The molecule has 4 nitrogen and oxygen atoms in total. The number of benzene rings is 2. The molecule has 0 amide bonds. The van der Waals surface area contributed by atoms with E-state index >= 15 is 0 Å². The molecule has 4 heteroatoms. The Balaban J connectivity index is 1.73. The van der Waals surface area contributed by atoms with Crippen LogP contribution < -0.4 is 5.73 Å². The summed E-state index contributed by atoms with van der Waals surface area (Å²) in [5.41, 5.74) is 11.3. The van der Waals surface area contributed by atoms with E-state index in [0.29, 0.717) is 17.3 Å². The van der Waals surface area contributed by atoms with Crippen molar-refractivity contribution in [2.75, 3.05) is 7.11 Å². The molecule has 1 heterocycles. The summed E-state index contributed by atoms with van der Waals surface area (Å²) in [6.45, 7) is 0. The topological polar surface area (TPSA) is 71.4 Å². The zero-order valence-corrected chi connectivity index (χ0v) is 15.1. The Morgan fingerprint density at radius 3 is 2.67 bits per heavy atom. The number of nitrogens with two attached hydrogens (primary N) is 1. The second-order valence-corrected chi connectivity index (χ2v) is 7.48. The van der Waals surface area contributed by atoms with Gasteiger partial charge in [0.25, 0.3) is 0 Å². The predicted octanol–water partition coefficient (Wildman–Crippen LogP) is 2.85. The summed E-state index contributed by atoms with van der Waals surface area (Å²) in [6, 6.07) is 14.2. The molecular weight excluding hydrogens is 334 g/mol. The van der Waals surface area contributed by atoms with Gasteiger partial charge in [0, 0.05) is 30.6 Å². The minimum Gasteiger partial charge on any atom is -0.383 e. The number of rotatable bonds is 1. The molecule has 2 atom stereocenters. The van der Waals surface area contributed by atoms with E-state index in [9.17, 15) is 5.26 Å². The van der Waals surface area contributed by atoms with Gasteiger partial charge in [0.15, 0.2) is 0 Å². The van der Waals surface area contributed by atoms with Crippen molar-refractivity contribution in [1.29, 1.82) is 5.26 Å². The molecule has 132 valence electrons. The molecule has 1 saturated carbocycles. The Morgan fingerprint density at radius 1 is 1.15 bits per heavy atom. The van der Waals surface area contributed by atoms with Crippen LogP contribution in [0.1, 0.15) is 46.2 Å². The van der Waals surface area contributed by atoms with Crippen molar-refractivity contribution in [2.24, 2.45) is 16.6 Å². The lowest BCUT2D eigenvalue weighted by Gasteiger charge is -2.30. The Labute approximate surface area is 158 Å². The van der Waals surface area contributed by atoms with Crippen molar-refractivity contribution < 1.29 is 4.74 Å². The molecule has 0 bridgehead atoms. The van der Waals surface area contributed by atoms with Crippen LogP contribution in [-0.2, 0) is 16.7 Å². The van der Waals surface area contributed by atoms with Gasteiger partial charge in [-0.2, -0.15) is 5.26 Å². The van der Waals surface area contributed by atoms with E-state index in [2.05, 4.69) is 36.1 Å². The summed E-state index contributed by atoms with van der Waals surface area (Å²) in [5, 5.41) is 9.39. The number of nitrogens with zero attached hydrogens (tertiary/aromatic N) is 2. The SMILES string of the molecule is COC1Cc2ccc(C#CC3CC3)cc2[C@@]12N=C(N)c1ccc(C#N)cc12. The first-order valence-corrected chi connectivity index (χ1v) is 9.24. The average molecular weight is 353 g/mol. The lowest BCUT2D eigenvalue weighted by molar-refractivity contribution is 0.0640. The van der Waals surface area contributed by atoms with Crippen molar-refractivity contribution in [3.05, 3.63) is 69.8 Å². The molecule has 2 aliphatic carbocycles. The maximum absolute atomic E-state index is 9.39. The van der Waals surface area contributed by atoms with Gasteiger partial charge in [-0.1, -0.05) is 17.9 Å². The van der Waals surface area contributed by atoms with Gasteiger partial charge in [-0.15, -0.1) is 0 Å². The summed E-state index contributed by atoms with van der Waals surface area (Å²) in [5.74, 6) is 7.69. The third-order valence-corrected chi connectivity index (χ3v) is 5.81. The summed E-state index contributed by atoms with van der Waals surface area (Å²) >= 11 is 0. The van der Waals surface area contributed by atoms with Gasteiger partial charge in [-0.05, 0) is 59.9 Å². The molecule has 1 aliphatic heterocycles. The molecule has 27 heavy (non-hydrogen) atoms. The van der Waals surface area contributed by atoms with Crippen LogP contribution >= 0.6 is 0 Å². The fourth-order valence-electron chi connectivity index (χ4n) is 4.29. The highest BCUT2D eigenvalue weighted by molar-refractivity contribution is 6.03. The number of fused-ring (bicyclic) bond motifs is 4. The van der Waals surface area contributed by atoms with Crippen LogP contribution in [0.15, 0.2) is 41.4 Å². The van der Waals surface area contributed by atoms with Crippen molar-refractivity contribution >= 4 is 5.84 Å². The van der Waals surface area contributed by atoms with Crippen molar-refractivity contribution in [3.8, 4) is 17.9 Å². The number of hydrogen-bond donors (Lipinski definition) is 1. The van der Waals surface area contributed by atoms with E-state index in [4.69, 9.17) is 15.5 Å². The van der Waals surface area contributed by atoms with E-state index in [1.54, 1.807) is 13.2 Å². The predicted molar refractivity (Wildman–Crippen MR) is 103 cm³/mol. The first-order chi connectivity index (χ1) is 13.2. The van der Waals surface area contributed by atoms with Crippen LogP contribution in [0.5, 0.6) is 0 Å². The van der Waals surface area contributed by atoms with Crippen LogP contribution in [-0.4, -0.2) is 19.0 Å². The molecule has 0 saturated heterocycles. The van der Waals surface area contributed by atoms with E-state index in [0.717, 1.165) is 28.7 Å². The molecule has 2 aromatic carbocycles. The number of methoxy groups -OCH3 is 1. The number of amidine groups is 1. The zero-order valence-electron chi connectivity index (χ0n) is 15.1. The molecular formula is C23H19N3O. The minimum atomic E-state index is -0.701. The molecule has 0 radical (unpaired) electrons. The molecule has 1 spiro atoms. The number of aliphatic imine (C=N–C) groups is 1. The molecule has 0 aromatic heterocycles. The van der Waals surface area contributed by atoms with Crippen molar-refractivity contribution in [2.45, 2.75) is 30.9 Å². The molecule has 2 N–H and O–H groups in total. The standard InChI is InChI=1S/C23H19N3O/c1-27-21-12-17-8-6-15(5-4-14-2-3-14)10-19(17)23(21)20-11-16(13-24)7-9-18(20)22(25)26-23/h6-11,14,21H,2-3,12H2,1H3,(H2,25,26)/t21?,23-/m0/s1. The normalized spacial score (nSPS) is 24.6. The fraction of sp³-hybridized carbons (Fsp3) is 0.304.